The smallest absolute Gasteiger partial charge is 0.267 e. The molecule has 1 unspecified atom stereocenters. The zero-order chi connectivity index (χ0) is 20.1. The Morgan fingerprint density at radius 3 is 2.69 bits per heavy atom. The molecule has 2 aromatic carbocycles. The highest BCUT2D eigenvalue weighted by Gasteiger charge is 2.32. The fourth-order valence-corrected chi connectivity index (χ4v) is 3.85. The molecule has 5 nitrogen and oxygen atoms in total. The second-order valence-corrected chi connectivity index (χ2v) is 7.60. The van der Waals surface area contributed by atoms with Crippen molar-refractivity contribution in [2.75, 3.05) is 26.3 Å². The van der Waals surface area contributed by atoms with Crippen LogP contribution in [0.2, 0.25) is 0 Å². The third-order valence-electron chi connectivity index (χ3n) is 5.54. The molecule has 0 bridgehead atoms. The predicted octanol–water partition coefficient (Wildman–Crippen LogP) is 3.81. The average molecular weight is 399 g/mol. The van der Waals surface area contributed by atoms with Gasteiger partial charge in [0.15, 0.2) is 11.5 Å². The Morgan fingerprint density at radius 2 is 1.90 bits per heavy atom. The van der Waals surface area contributed by atoms with Crippen LogP contribution in [-0.2, 0) is 16.1 Å². The average Bonchev–Trinajstić information content (AvgIpc) is 2.76. The van der Waals surface area contributed by atoms with Crippen LogP contribution in [0.5, 0.6) is 11.5 Å². The highest BCUT2D eigenvalue weighted by atomic mass is 19.1. The van der Waals surface area contributed by atoms with Gasteiger partial charge in [0.25, 0.3) is 5.91 Å². The molecule has 0 spiro atoms. The number of amides is 1. The van der Waals surface area contributed by atoms with Gasteiger partial charge in [-0.1, -0.05) is 24.3 Å². The summed E-state index contributed by atoms with van der Waals surface area (Å²) in [5.74, 6) is 1.62. The number of likely N-dealkylation sites (tertiary alicyclic amines) is 1. The maximum Gasteiger partial charge on any atom is 0.267 e. The number of hydrogen-bond acceptors (Lipinski definition) is 4. The van der Waals surface area contributed by atoms with Crippen molar-refractivity contribution in [1.82, 2.24) is 4.90 Å². The summed E-state index contributed by atoms with van der Waals surface area (Å²) in [6.07, 6.45) is 2.29. The molecule has 0 radical (unpaired) electrons. The Bertz CT molecular complexity index is 835. The van der Waals surface area contributed by atoms with Crippen molar-refractivity contribution in [3.8, 4) is 11.5 Å². The summed E-state index contributed by atoms with van der Waals surface area (Å²) in [6.45, 7) is 2.79. The van der Waals surface area contributed by atoms with Crippen LogP contribution in [0, 0.1) is 11.7 Å². The van der Waals surface area contributed by atoms with Crippen LogP contribution in [0.4, 0.5) is 4.39 Å². The Hall–Kier alpha value is -2.60. The SMILES string of the molecule is O=C(C1COc2ccccc2O1)N1CCC(CCOCc2cccc(F)c2)CC1. The first-order chi connectivity index (χ1) is 14.2. The number of halogens is 1. The second-order valence-electron chi connectivity index (χ2n) is 7.60. The van der Waals surface area contributed by atoms with Gasteiger partial charge in [0.05, 0.1) is 6.61 Å². The maximum atomic E-state index is 13.2. The summed E-state index contributed by atoms with van der Waals surface area (Å²) in [5.41, 5.74) is 0.849. The number of carbonyl (C=O) groups excluding carboxylic acids is 1. The summed E-state index contributed by atoms with van der Waals surface area (Å²) in [5, 5.41) is 0. The molecule has 154 valence electrons. The van der Waals surface area contributed by atoms with Crippen LogP contribution >= 0.6 is 0 Å². The van der Waals surface area contributed by atoms with Crippen LogP contribution in [0.15, 0.2) is 48.5 Å². The van der Waals surface area contributed by atoms with E-state index in [1.54, 1.807) is 6.07 Å². The maximum absolute atomic E-state index is 13.2. The van der Waals surface area contributed by atoms with Crippen molar-refractivity contribution >= 4 is 5.91 Å². The van der Waals surface area contributed by atoms with Gasteiger partial charge in [0, 0.05) is 19.7 Å². The first-order valence-corrected chi connectivity index (χ1v) is 10.2. The minimum absolute atomic E-state index is 0.000285. The van der Waals surface area contributed by atoms with Crippen molar-refractivity contribution in [3.05, 3.63) is 59.9 Å². The van der Waals surface area contributed by atoms with Gasteiger partial charge in [0.2, 0.25) is 6.10 Å². The minimum Gasteiger partial charge on any atom is -0.485 e. The van der Waals surface area contributed by atoms with E-state index in [0.29, 0.717) is 30.6 Å². The molecule has 29 heavy (non-hydrogen) atoms. The van der Waals surface area contributed by atoms with Crippen LogP contribution in [0.25, 0.3) is 0 Å². The first kappa shape index (κ1) is 19.7. The Balaban J connectivity index is 1.17. The minimum atomic E-state index is -0.573. The number of para-hydroxylation sites is 2. The standard InChI is InChI=1S/C23H26FNO4/c24-19-5-3-4-18(14-19)15-27-13-10-17-8-11-25(12-9-17)23(26)22-16-28-20-6-1-2-7-21(20)29-22/h1-7,14,17,22H,8-13,15-16H2. The highest BCUT2D eigenvalue weighted by Crippen LogP contribution is 2.31. The van der Waals surface area contributed by atoms with Crippen molar-refractivity contribution in [3.63, 3.8) is 0 Å². The van der Waals surface area contributed by atoms with E-state index in [9.17, 15) is 9.18 Å². The molecule has 4 rings (SSSR count). The molecule has 1 saturated heterocycles. The van der Waals surface area contributed by atoms with E-state index in [0.717, 1.165) is 37.9 Å². The zero-order valence-corrected chi connectivity index (χ0v) is 16.4. The van der Waals surface area contributed by atoms with E-state index < -0.39 is 6.10 Å². The third kappa shape index (κ3) is 5.07. The number of benzene rings is 2. The van der Waals surface area contributed by atoms with Gasteiger partial charge in [-0.15, -0.1) is 0 Å². The van der Waals surface area contributed by atoms with Crippen molar-refractivity contribution < 1.29 is 23.4 Å². The van der Waals surface area contributed by atoms with E-state index in [2.05, 4.69) is 0 Å². The molecule has 2 aliphatic rings. The Kier molecular flexibility index (Phi) is 6.30. The molecular weight excluding hydrogens is 373 g/mol. The fourth-order valence-electron chi connectivity index (χ4n) is 3.85. The summed E-state index contributed by atoms with van der Waals surface area (Å²) in [7, 11) is 0. The molecule has 0 aliphatic carbocycles. The Morgan fingerprint density at radius 1 is 1.10 bits per heavy atom. The van der Waals surface area contributed by atoms with Gasteiger partial charge in [-0.25, -0.2) is 4.39 Å². The largest absolute Gasteiger partial charge is 0.485 e. The van der Waals surface area contributed by atoms with Crippen LogP contribution in [0.1, 0.15) is 24.8 Å². The van der Waals surface area contributed by atoms with Crippen molar-refractivity contribution in [2.45, 2.75) is 32.0 Å². The normalized spacial score (nSPS) is 19.2. The summed E-state index contributed by atoms with van der Waals surface area (Å²) >= 11 is 0. The van der Waals surface area contributed by atoms with E-state index in [4.69, 9.17) is 14.2 Å². The van der Waals surface area contributed by atoms with E-state index in [1.165, 1.54) is 12.1 Å². The fraction of sp³-hybridized carbons (Fsp3) is 0.435. The lowest BCUT2D eigenvalue weighted by atomic mass is 9.93. The van der Waals surface area contributed by atoms with E-state index >= 15 is 0 Å². The van der Waals surface area contributed by atoms with Crippen LogP contribution in [0.3, 0.4) is 0 Å². The predicted molar refractivity (Wildman–Crippen MR) is 106 cm³/mol. The summed E-state index contributed by atoms with van der Waals surface area (Å²) in [4.78, 5) is 14.7. The molecule has 0 aromatic heterocycles. The molecule has 1 fully saturated rings. The van der Waals surface area contributed by atoms with Gasteiger partial charge in [-0.3, -0.25) is 4.79 Å². The quantitative estimate of drug-likeness (QED) is 0.693. The number of rotatable bonds is 6. The highest BCUT2D eigenvalue weighted by molar-refractivity contribution is 5.82. The van der Waals surface area contributed by atoms with Crippen molar-refractivity contribution in [2.24, 2.45) is 5.92 Å². The number of hydrogen-bond donors (Lipinski definition) is 0. The second kappa shape index (κ2) is 9.27. The molecule has 0 N–H and O–H groups in total. The molecule has 2 aromatic rings. The first-order valence-electron chi connectivity index (χ1n) is 10.2. The molecule has 2 heterocycles. The van der Waals surface area contributed by atoms with E-state index in [1.807, 2.05) is 35.2 Å². The lowest BCUT2D eigenvalue weighted by Crippen LogP contribution is -2.49. The summed E-state index contributed by atoms with van der Waals surface area (Å²) < 4.78 is 30.4. The lowest BCUT2D eigenvalue weighted by Gasteiger charge is -2.35. The topological polar surface area (TPSA) is 48.0 Å². The Labute approximate surface area is 170 Å². The number of carbonyl (C=O) groups is 1. The molecule has 1 amide bonds. The molecular formula is C23H26FNO4. The zero-order valence-electron chi connectivity index (χ0n) is 16.4. The number of nitrogens with zero attached hydrogens (tertiary/aromatic N) is 1. The lowest BCUT2D eigenvalue weighted by molar-refractivity contribution is -0.142. The molecule has 0 saturated carbocycles. The van der Waals surface area contributed by atoms with Gasteiger partial charge < -0.3 is 19.1 Å². The molecule has 1 atom stereocenters. The van der Waals surface area contributed by atoms with E-state index in [-0.39, 0.29) is 18.3 Å². The van der Waals surface area contributed by atoms with Gasteiger partial charge in [0.1, 0.15) is 12.4 Å². The van der Waals surface area contributed by atoms with Crippen LogP contribution in [-0.4, -0.2) is 43.2 Å². The van der Waals surface area contributed by atoms with Gasteiger partial charge >= 0.3 is 0 Å². The van der Waals surface area contributed by atoms with Crippen LogP contribution < -0.4 is 9.47 Å². The van der Waals surface area contributed by atoms with Gasteiger partial charge in [-0.05, 0) is 55.0 Å². The third-order valence-corrected chi connectivity index (χ3v) is 5.54. The molecule has 2 aliphatic heterocycles. The van der Waals surface area contributed by atoms with Crippen molar-refractivity contribution in [1.29, 1.82) is 0 Å². The van der Waals surface area contributed by atoms with Gasteiger partial charge in [-0.2, -0.15) is 0 Å². The molecule has 6 heteroatoms. The number of ether oxygens (including phenoxy) is 3. The number of fused-ring (bicyclic) bond motifs is 1. The summed E-state index contributed by atoms with van der Waals surface area (Å²) in [6, 6.07) is 13.9. The number of piperidine rings is 1. The monoisotopic (exact) mass is 399 g/mol.